The molecule has 1 aromatic carbocycles. The maximum absolute atomic E-state index is 14.6. The van der Waals surface area contributed by atoms with Crippen LogP contribution in [0.5, 0.6) is 5.75 Å². The smallest absolute Gasteiger partial charge is 0.295 e. The second kappa shape index (κ2) is 10.2. The quantitative estimate of drug-likeness (QED) is 0.413. The van der Waals surface area contributed by atoms with E-state index < -0.39 is 5.41 Å². The van der Waals surface area contributed by atoms with Gasteiger partial charge in [0.05, 0.1) is 23.9 Å². The molecule has 12 heteroatoms. The average molecular weight is 548 g/mol. The molecule has 0 aliphatic carbocycles. The van der Waals surface area contributed by atoms with Crippen LogP contribution in [0.3, 0.4) is 0 Å². The molecule has 0 saturated carbocycles. The number of nitrogens with two attached hydrogens (primary N) is 1. The number of nitrogens with zero attached hydrogens (tertiary/aromatic N) is 4. The third-order valence-corrected chi connectivity index (χ3v) is 7.61. The lowest BCUT2D eigenvalue weighted by Gasteiger charge is -2.36. The van der Waals surface area contributed by atoms with Gasteiger partial charge < -0.3 is 30.6 Å². The molecule has 2 aliphatic heterocycles. The highest BCUT2D eigenvalue weighted by atomic mass is 35.5. The second-order valence-corrected chi connectivity index (χ2v) is 11.6. The van der Waals surface area contributed by atoms with Crippen molar-refractivity contribution in [2.75, 3.05) is 48.3 Å². The topological polar surface area (TPSA) is 110 Å². The van der Waals surface area contributed by atoms with Crippen molar-refractivity contribution in [3.63, 3.8) is 0 Å². The molecule has 4 atom stereocenters. The summed E-state index contributed by atoms with van der Waals surface area (Å²) in [6.45, 7) is 4.38. The van der Waals surface area contributed by atoms with Crippen molar-refractivity contribution in [2.24, 2.45) is 24.6 Å². The van der Waals surface area contributed by atoms with Crippen LogP contribution in [0.15, 0.2) is 29.2 Å². The first-order valence-corrected chi connectivity index (χ1v) is 13.4. The van der Waals surface area contributed by atoms with Gasteiger partial charge in [0.2, 0.25) is 11.7 Å². The van der Waals surface area contributed by atoms with Gasteiger partial charge in [-0.1, -0.05) is 27.8 Å². The molecular weight excluding hydrogens is 516 g/mol. The first kappa shape index (κ1) is 25.9. The Kier molecular flexibility index (Phi) is 7.18. The maximum Gasteiger partial charge on any atom is 0.295 e. The van der Waals surface area contributed by atoms with Gasteiger partial charge in [-0.05, 0) is 49.4 Å². The Bertz CT molecular complexity index is 1390. The lowest BCUT2D eigenvalue weighted by Crippen LogP contribution is -2.41. The van der Waals surface area contributed by atoms with Gasteiger partial charge in [-0.15, -0.1) is 0 Å². The number of benzene rings is 1. The normalized spacial score (nSPS) is 23.7. The van der Waals surface area contributed by atoms with Crippen LogP contribution in [0.25, 0.3) is 10.9 Å². The second-order valence-electron chi connectivity index (χ2n) is 10.2. The van der Waals surface area contributed by atoms with Crippen molar-refractivity contribution in [2.45, 2.75) is 25.2 Å². The number of fused-ring (bicyclic) bond motifs is 3. The van der Waals surface area contributed by atoms with Crippen molar-refractivity contribution in [3.05, 3.63) is 39.8 Å². The van der Waals surface area contributed by atoms with Crippen LogP contribution < -0.4 is 31.6 Å². The molecule has 0 radical (unpaired) electrons. The number of piperidine rings is 1. The monoisotopic (exact) mass is 547 g/mol. The molecule has 4 N–H and O–H groups in total. The third kappa shape index (κ3) is 5.33. The zero-order chi connectivity index (χ0) is 26.3. The fourth-order valence-corrected chi connectivity index (χ4v) is 5.53. The van der Waals surface area contributed by atoms with Gasteiger partial charge in [0.25, 0.3) is 5.56 Å². The summed E-state index contributed by atoms with van der Waals surface area (Å²) in [7, 11) is 3.81. The Morgan fingerprint density at radius 2 is 2.22 bits per heavy atom. The average Bonchev–Trinajstić information content (AvgIpc) is 3.02. The first-order valence-electron chi connectivity index (χ1n) is 12.4. The van der Waals surface area contributed by atoms with E-state index in [0.717, 1.165) is 25.9 Å². The van der Waals surface area contributed by atoms with Gasteiger partial charge in [-0.25, -0.2) is 9.37 Å². The molecule has 198 valence electrons. The van der Waals surface area contributed by atoms with E-state index in [2.05, 4.69) is 36.7 Å². The van der Waals surface area contributed by atoms with Crippen LogP contribution in [0, 0.1) is 11.8 Å². The molecule has 0 spiro atoms. The Morgan fingerprint density at radius 1 is 1.41 bits per heavy atom. The predicted molar refractivity (Wildman–Crippen MR) is 150 cm³/mol. The number of pyridine rings is 1. The number of alkyl halides is 1. The van der Waals surface area contributed by atoms with Crippen molar-refractivity contribution < 1.29 is 9.13 Å². The van der Waals surface area contributed by atoms with E-state index >= 15 is 0 Å². The molecular formula is C25H32ClFN7O2P. The van der Waals surface area contributed by atoms with Crippen LogP contribution in [0.2, 0.25) is 5.02 Å². The summed E-state index contributed by atoms with van der Waals surface area (Å²) in [5.41, 5.74) is 7.34. The fraction of sp³-hybridized carbons (Fsp3) is 0.480. The Labute approximate surface area is 222 Å². The van der Waals surface area contributed by atoms with E-state index in [1.165, 1.54) is 4.57 Å². The van der Waals surface area contributed by atoms with Gasteiger partial charge >= 0.3 is 0 Å². The number of anilines is 4. The highest BCUT2D eigenvalue weighted by Gasteiger charge is 2.31. The van der Waals surface area contributed by atoms with Crippen molar-refractivity contribution in [3.8, 4) is 5.75 Å². The van der Waals surface area contributed by atoms with E-state index in [-0.39, 0.29) is 24.5 Å². The third-order valence-electron chi connectivity index (χ3n) is 6.97. The number of nitrogens with one attached hydrogen (secondary N) is 2. The van der Waals surface area contributed by atoms with Crippen molar-refractivity contribution in [1.29, 1.82) is 0 Å². The minimum absolute atomic E-state index is 0.00883. The maximum atomic E-state index is 14.6. The number of halogens is 2. The summed E-state index contributed by atoms with van der Waals surface area (Å²) in [6, 6.07) is 5.55. The molecule has 1 fully saturated rings. The zero-order valence-electron chi connectivity index (χ0n) is 20.9. The molecule has 2 aromatic heterocycles. The lowest BCUT2D eigenvalue weighted by molar-refractivity contribution is 0.182. The lowest BCUT2D eigenvalue weighted by atomic mass is 9.88. The zero-order valence-corrected chi connectivity index (χ0v) is 22.8. The minimum atomic E-state index is -1.69. The number of hydrogen-bond donors (Lipinski definition) is 3. The molecule has 2 aliphatic rings. The van der Waals surface area contributed by atoms with Gasteiger partial charge in [0.15, 0.2) is 11.2 Å². The molecule has 37 heavy (non-hydrogen) atoms. The van der Waals surface area contributed by atoms with E-state index in [1.807, 2.05) is 18.2 Å². The number of rotatable bonds is 5. The molecule has 4 unspecified atom stereocenters. The van der Waals surface area contributed by atoms with E-state index in [9.17, 15) is 9.18 Å². The highest BCUT2D eigenvalue weighted by Crippen LogP contribution is 2.37. The molecule has 4 heterocycles. The molecule has 1 saturated heterocycles. The minimum Gasteiger partial charge on any atom is -0.482 e. The summed E-state index contributed by atoms with van der Waals surface area (Å²) in [5.74, 6) is 2.22. The van der Waals surface area contributed by atoms with Gasteiger partial charge in [-0.3, -0.25) is 4.79 Å². The van der Waals surface area contributed by atoms with E-state index in [1.54, 1.807) is 13.2 Å². The summed E-state index contributed by atoms with van der Waals surface area (Å²) in [4.78, 5) is 24.3. The van der Waals surface area contributed by atoms with Crippen molar-refractivity contribution >= 4 is 54.9 Å². The van der Waals surface area contributed by atoms with Crippen molar-refractivity contribution in [1.82, 2.24) is 14.5 Å². The Hall–Kier alpha value is -2.68. The first-order chi connectivity index (χ1) is 17.6. The molecule has 9 nitrogen and oxygen atoms in total. The SMILES string of the molecule is CC1CC(CCN)CN(c2ncc(Cl)c(Nc3ccc4c(c3)c3c(c(=O)n4C)OCC(F)(P)CN3)n2)C1. The summed E-state index contributed by atoms with van der Waals surface area (Å²) < 4.78 is 21.7. The number of hydrogen-bond acceptors (Lipinski definition) is 8. The Balaban J connectivity index is 1.48. The van der Waals surface area contributed by atoms with Crippen LogP contribution in [0.1, 0.15) is 19.8 Å². The Morgan fingerprint density at radius 3 is 3.00 bits per heavy atom. The largest absolute Gasteiger partial charge is 0.482 e. The number of ether oxygens (including phenoxy) is 1. The highest BCUT2D eigenvalue weighted by molar-refractivity contribution is 7.18. The fourth-order valence-electron chi connectivity index (χ4n) is 5.21. The molecule has 3 aromatic rings. The van der Waals surface area contributed by atoms with Crippen LogP contribution >= 0.6 is 20.8 Å². The van der Waals surface area contributed by atoms with Crippen LogP contribution in [0.4, 0.5) is 27.5 Å². The summed E-state index contributed by atoms with van der Waals surface area (Å²) >= 11 is 6.48. The van der Waals surface area contributed by atoms with Crippen LogP contribution in [-0.2, 0) is 7.05 Å². The molecule has 5 rings (SSSR count). The molecule has 0 amide bonds. The summed E-state index contributed by atoms with van der Waals surface area (Å²) in [6.07, 6.45) is 3.73. The standard InChI is InChI=1S/C25H32ClFN7O2P/c1-14-7-15(5-6-28)11-34(10-14)24-29-9-18(26)22(32-24)31-16-3-4-19-17(8-16)20-21(23(35)33(19)2)36-13-25(27,37)12-30-20/h3-4,8-9,14-15,30H,5-7,10-13,28,37H2,1-2H3,(H,29,31,32). The number of aromatic nitrogens is 3. The van der Waals surface area contributed by atoms with Crippen LogP contribution in [-0.4, -0.2) is 52.7 Å². The van der Waals surface area contributed by atoms with Gasteiger partial charge in [0.1, 0.15) is 11.6 Å². The molecule has 0 bridgehead atoms. The predicted octanol–water partition coefficient (Wildman–Crippen LogP) is 3.88. The van der Waals surface area contributed by atoms with E-state index in [0.29, 0.717) is 57.4 Å². The number of aryl methyl sites for hydroxylation is 1. The van der Waals surface area contributed by atoms with E-state index in [4.69, 9.17) is 27.1 Å². The van der Waals surface area contributed by atoms with Gasteiger partial charge in [0, 0.05) is 31.2 Å². The summed E-state index contributed by atoms with van der Waals surface area (Å²) in [5, 5.41) is 5.78. The van der Waals surface area contributed by atoms with Gasteiger partial charge in [-0.2, -0.15) is 4.98 Å².